The molecule has 0 spiro atoms. The van der Waals surface area contributed by atoms with Crippen molar-refractivity contribution >= 4 is 12.9 Å². The van der Waals surface area contributed by atoms with Crippen molar-refractivity contribution < 1.29 is 141 Å². The number of hydrogen-bond acceptors (Lipinski definition) is 28. The summed E-state index contributed by atoms with van der Waals surface area (Å²) in [5.74, 6) is -0.830. The molecule has 0 aromatic rings. The molecule has 358 valence electrons. The second-order valence-electron chi connectivity index (χ2n) is 14.2. The van der Waals surface area contributed by atoms with Crippen LogP contribution in [0.25, 0.3) is 0 Å². The minimum Gasteiger partial charge on any atom is -0.467 e. The van der Waals surface area contributed by atoms with Gasteiger partial charge in [0.15, 0.2) is 27.9 Å². The number of hydrogen-bond donors (Lipinski definition) is 16. The summed E-state index contributed by atoms with van der Waals surface area (Å²) in [7, 11) is 0. The van der Waals surface area contributed by atoms with Crippen LogP contribution in [0.3, 0.4) is 0 Å². The van der Waals surface area contributed by atoms with E-state index in [9.17, 15) is 91.3 Å². The predicted molar refractivity (Wildman–Crippen MR) is 185 cm³/mol. The van der Waals surface area contributed by atoms with Crippen LogP contribution in [0.1, 0.15) is 2.74 Å². The Hall–Kier alpha value is -2.02. The quantitative estimate of drug-likeness (QED) is 0.0535. The molecule has 4 fully saturated rings. The van der Waals surface area contributed by atoms with E-state index in [2.05, 4.69) is 9.47 Å². The van der Waals surface area contributed by atoms with Gasteiger partial charge in [0, 0.05) is 5.92 Å². The molecule has 0 bridgehead atoms. The fourth-order valence-corrected chi connectivity index (χ4v) is 6.17. The van der Waals surface area contributed by atoms with E-state index in [0.717, 1.165) is 0 Å². The largest absolute Gasteiger partial charge is 0.467 e. The van der Waals surface area contributed by atoms with Crippen molar-refractivity contribution in [2.24, 2.45) is 5.92 Å². The number of rotatable bonds is 19. The van der Waals surface area contributed by atoms with Crippen LogP contribution in [0, 0.1) is 5.92 Å². The van der Waals surface area contributed by atoms with E-state index in [1.807, 2.05) is 0 Å². The fourth-order valence-electron chi connectivity index (χ4n) is 6.17. The SMILES string of the molecule is [2H]C(=O)OC(COC1OC(CO)C(O)C(O)C1O)COC1OC(CO)C(O)C(O)C1O.[2H]C(=O)OCC(COC1OC(CO)C(O)C(O)C1O)COC1OC(CO)C(O)C(O)C1O. The summed E-state index contributed by atoms with van der Waals surface area (Å²) in [5, 5.41) is 155. The standard InChI is InChI=1S/C17H30O14.C16H28O14/c18-1-8-10(21)12(23)14(25)16(30-8)28-4-7(3-27-6-20)5-29-17-15(26)13(24)11(22)9(2-19)31-17;17-1-7-9(20)11(22)13(24)15(29-7)26-3-6(28-5-19)4-27-16-14(25)12(23)10(21)8(2-18)30-16/h6-19,21-26H,1-5H2;5-18,20-25H,1-4H2/i6D;5D. The number of carbonyl (C=O) groups excluding carboxylic acids is 2. The minimum absolute atomic E-state index is 0.340. The molecule has 0 amide bonds. The van der Waals surface area contributed by atoms with Gasteiger partial charge in [0.1, 0.15) is 104 Å². The van der Waals surface area contributed by atoms with Gasteiger partial charge in [0.05, 0.1) is 59.5 Å². The zero-order valence-electron chi connectivity index (χ0n) is 34.1. The summed E-state index contributed by atoms with van der Waals surface area (Å²) in [5.41, 5.74) is 0. The first-order chi connectivity index (χ1) is 29.7. The summed E-state index contributed by atoms with van der Waals surface area (Å²) < 4.78 is 64.9. The monoisotopic (exact) mass is 904 g/mol. The van der Waals surface area contributed by atoms with Gasteiger partial charge in [-0.05, 0) is 0 Å². The molecular weight excluding hydrogens is 844 g/mol. The third-order valence-electron chi connectivity index (χ3n) is 9.87. The Kier molecular flexibility index (Phi) is 21.4. The van der Waals surface area contributed by atoms with Crippen molar-refractivity contribution in [3.63, 3.8) is 0 Å². The molecule has 0 radical (unpaired) electrons. The molecule has 28 nitrogen and oxygen atoms in total. The topological polar surface area (TPSA) is 450 Å². The third-order valence-corrected chi connectivity index (χ3v) is 9.87. The Bertz CT molecular complexity index is 1260. The van der Waals surface area contributed by atoms with E-state index in [1.54, 1.807) is 0 Å². The van der Waals surface area contributed by atoms with E-state index in [1.165, 1.54) is 0 Å². The highest BCUT2D eigenvalue weighted by Gasteiger charge is 2.48. The average molecular weight is 905 g/mol. The van der Waals surface area contributed by atoms with Crippen LogP contribution in [-0.4, -0.2) is 283 Å². The molecule has 4 aliphatic heterocycles. The zero-order chi connectivity index (χ0) is 47.3. The van der Waals surface area contributed by atoms with Gasteiger partial charge in [-0.3, -0.25) is 9.59 Å². The molecule has 20 unspecified atom stereocenters. The molecule has 61 heavy (non-hydrogen) atoms. The lowest BCUT2D eigenvalue weighted by Crippen LogP contribution is -2.60. The maximum atomic E-state index is 11.0. The Morgan fingerprint density at radius 3 is 0.934 bits per heavy atom. The van der Waals surface area contributed by atoms with Crippen LogP contribution >= 0.6 is 0 Å². The summed E-state index contributed by atoms with van der Waals surface area (Å²) in [6.45, 7) is -4.88. The van der Waals surface area contributed by atoms with Gasteiger partial charge >= 0.3 is 0 Å². The Morgan fingerprint density at radius 1 is 0.410 bits per heavy atom. The second kappa shape index (κ2) is 26.1. The normalized spacial score (nSPS) is 43.1. The second-order valence-corrected chi connectivity index (χ2v) is 14.2. The van der Waals surface area contributed by atoms with Crippen LogP contribution < -0.4 is 0 Å². The van der Waals surface area contributed by atoms with Crippen molar-refractivity contribution in [1.82, 2.24) is 0 Å². The molecule has 0 saturated carbocycles. The summed E-state index contributed by atoms with van der Waals surface area (Å²) >= 11 is 0. The van der Waals surface area contributed by atoms with Crippen molar-refractivity contribution in [2.45, 2.75) is 129 Å². The summed E-state index contributed by atoms with van der Waals surface area (Å²) in [4.78, 5) is 21.9. The molecule has 4 aliphatic rings. The van der Waals surface area contributed by atoms with Crippen molar-refractivity contribution in [3.8, 4) is 0 Å². The summed E-state index contributed by atoms with van der Waals surface area (Å²) in [6, 6.07) is 0. The number of carbonyl (C=O) groups is 2. The van der Waals surface area contributed by atoms with Crippen LogP contribution in [0.2, 0.25) is 0 Å². The number of aliphatic hydroxyl groups excluding tert-OH is 16. The van der Waals surface area contributed by atoms with Gasteiger partial charge in [0.2, 0.25) is 0 Å². The molecule has 20 atom stereocenters. The van der Waals surface area contributed by atoms with Crippen molar-refractivity contribution in [1.29, 1.82) is 0 Å². The first kappa shape index (κ1) is 50.0. The van der Waals surface area contributed by atoms with E-state index in [-0.39, 0.29) is 13.2 Å². The molecule has 0 aliphatic carbocycles. The first-order valence-electron chi connectivity index (χ1n) is 19.7. The lowest BCUT2D eigenvalue weighted by molar-refractivity contribution is -0.314. The Morgan fingerprint density at radius 2 is 0.689 bits per heavy atom. The smallest absolute Gasteiger partial charge is 0.293 e. The minimum atomic E-state index is -1.71. The van der Waals surface area contributed by atoms with Crippen molar-refractivity contribution in [2.75, 3.05) is 59.5 Å². The van der Waals surface area contributed by atoms with Gasteiger partial charge in [-0.2, -0.15) is 0 Å². The van der Waals surface area contributed by atoms with Crippen LogP contribution in [0.5, 0.6) is 0 Å². The third kappa shape index (κ3) is 14.2. The molecule has 16 N–H and O–H groups in total. The average Bonchev–Trinajstić information content (AvgIpc) is 3.26. The molecule has 0 aromatic carbocycles. The Balaban J connectivity index is 0.000000335. The van der Waals surface area contributed by atoms with Crippen LogP contribution in [-0.2, 0) is 57.0 Å². The van der Waals surface area contributed by atoms with Crippen LogP contribution in [0.15, 0.2) is 0 Å². The van der Waals surface area contributed by atoms with Crippen LogP contribution in [0.4, 0.5) is 0 Å². The molecule has 0 aromatic heterocycles. The highest BCUT2D eigenvalue weighted by molar-refractivity contribution is 5.37. The molecule has 4 saturated heterocycles. The highest BCUT2D eigenvalue weighted by Crippen LogP contribution is 2.26. The van der Waals surface area contributed by atoms with Crippen molar-refractivity contribution in [3.05, 3.63) is 0 Å². The first-order valence-corrected chi connectivity index (χ1v) is 18.7. The fraction of sp³-hybridized carbons (Fsp3) is 0.939. The van der Waals surface area contributed by atoms with Gasteiger partial charge in [-0.15, -0.1) is 0 Å². The van der Waals surface area contributed by atoms with E-state index in [0.29, 0.717) is 0 Å². The van der Waals surface area contributed by atoms with Gasteiger partial charge < -0.3 is 129 Å². The van der Waals surface area contributed by atoms with Gasteiger partial charge in [-0.1, -0.05) is 0 Å². The highest BCUT2D eigenvalue weighted by atomic mass is 16.7. The Labute approximate surface area is 348 Å². The van der Waals surface area contributed by atoms with E-state index < -0.39 is 194 Å². The lowest BCUT2D eigenvalue weighted by Gasteiger charge is -2.40. The predicted octanol–water partition coefficient (Wildman–Crippen LogP) is -11.4. The maximum Gasteiger partial charge on any atom is 0.293 e. The number of aliphatic hydroxyl groups is 16. The van der Waals surface area contributed by atoms with E-state index >= 15 is 0 Å². The summed E-state index contributed by atoms with van der Waals surface area (Å²) in [6.07, 6.45) is -34.8. The number of ether oxygens (including phenoxy) is 10. The lowest BCUT2D eigenvalue weighted by atomic mass is 9.99. The van der Waals surface area contributed by atoms with Gasteiger partial charge in [-0.25, -0.2) is 0 Å². The molecule has 4 rings (SSSR count). The zero-order valence-corrected chi connectivity index (χ0v) is 32.1. The molecule has 4 heterocycles. The molecular formula is C33H58O28. The van der Waals surface area contributed by atoms with Gasteiger partial charge in [0.25, 0.3) is 12.9 Å². The molecule has 28 heteroatoms. The maximum absolute atomic E-state index is 11.0. The van der Waals surface area contributed by atoms with E-state index in [4.69, 9.17) is 40.6 Å².